The van der Waals surface area contributed by atoms with Crippen molar-refractivity contribution in [2.24, 2.45) is 5.92 Å². The summed E-state index contributed by atoms with van der Waals surface area (Å²) in [5.41, 5.74) is 1.50. The van der Waals surface area contributed by atoms with Gasteiger partial charge in [0.15, 0.2) is 5.82 Å². The zero-order valence-corrected chi connectivity index (χ0v) is 16.2. The highest BCUT2D eigenvalue weighted by atomic mass is 19.1. The molecule has 1 unspecified atom stereocenters. The van der Waals surface area contributed by atoms with E-state index in [0.29, 0.717) is 38.4 Å². The van der Waals surface area contributed by atoms with Crippen molar-refractivity contribution in [1.82, 2.24) is 20.0 Å². The number of aromatic nitrogens is 2. The van der Waals surface area contributed by atoms with E-state index in [0.717, 1.165) is 37.2 Å². The van der Waals surface area contributed by atoms with Gasteiger partial charge in [0, 0.05) is 44.8 Å². The predicted octanol–water partition coefficient (Wildman–Crippen LogP) is 1.80. The normalized spacial score (nSPS) is 19.9. The molecule has 7 nitrogen and oxygen atoms in total. The lowest BCUT2D eigenvalue weighted by molar-refractivity contribution is -0.139. The number of halogens is 1. The smallest absolute Gasteiger partial charge is 0.227 e. The molecule has 2 fully saturated rings. The van der Waals surface area contributed by atoms with E-state index in [-0.39, 0.29) is 17.6 Å². The molecule has 0 saturated carbocycles. The molecule has 0 N–H and O–H groups in total. The number of benzene rings is 1. The second-order valence-electron chi connectivity index (χ2n) is 7.54. The number of hydrogen-bond acceptors (Lipinski definition) is 5. The van der Waals surface area contributed by atoms with Crippen LogP contribution in [0, 0.1) is 11.7 Å². The fourth-order valence-corrected chi connectivity index (χ4v) is 3.96. The summed E-state index contributed by atoms with van der Waals surface area (Å²) in [6.45, 7) is 3.86. The largest absolute Gasteiger partial charge is 0.354 e. The average Bonchev–Trinajstić information content (AvgIpc) is 2.79. The highest BCUT2D eigenvalue weighted by Crippen LogP contribution is 2.25. The number of piperazine rings is 1. The van der Waals surface area contributed by atoms with Gasteiger partial charge in [0.25, 0.3) is 0 Å². The average molecular weight is 397 g/mol. The Morgan fingerprint density at radius 1 is 1.00 bits per heavy atom. The fourth-order valence-electron chi connectivity index (χ4n) is 3.96. The van der Waals surface area contributed by atoms with Crippen molar-refractivity contribution in [1.29, 1.82) is 0 Å². The number of carbonyl (C=O) groups is 2. The maximum absolute atomic E-state index is 13.1. The van der Waals surface area contributed by atoms with Crippen molar-refractivity contribution in [3.8, 4) is 11.3 Å². The lowest BCUT2D eigenvalue weighted by Crippen LogP contribution is -2.52. The Bertz CT molecular complexity index is 850. The van der Waals surface area contributed by atoms with Crippen molar-refractivity contribution < 1.29 is 14.0 Å². The standard InChI is InChI=1S/C21H24FN5O2/c22-18-5-3-16(4-6-18)19-7-8-20(24-23-19)27-9-1-2-17(14-27)21(29)26-12-10-25(15-28)11-13-26/h3-8,15,17H,1-2,9-14H2. The van der Waals surface area contributed by atoms with Gasteiger partial charge in [-0.25, -0.2) is 4.39 Å². The van der Waals surface area contributed by atoms with E-state index in [9.17, 15) is 14.0 Å². The molecule has 4 rings (SSSR count). The highest BCUT2D eigenvalue weighted by Gasteiger charge is 2.31. The topological polar surface area (TPSA) is 69.6 Å². The summed E-state index contributed by atoms with van der Waals surface area (Å²) in [5.74, 6) is 0.565. The van der Waals surface area contributed by atoms with Gasteiger partial charge in [-0.15, -0.1) is 10.2 Å². The van der Waals surface area contributed by atoms with Gasteiger partial charge >= 0.3 is 0 Å². The molecule has 2 aliphatic rings. The first-order valence-electron chi connectivity index (χ1n) is 9.97. The molecule has 2 aliphatic heterocycles. The molecule has 0 bridgehead atoms. The van der Waals surface area contributed by atoms with Gasteiger partial charge in [-0.1, -0.05) is 0 Å². The van der Waals surface area contributed by atoms with E-state index in [1.165, 1.54) is 12.1 Å². The van der Waals surface area contributed by atoms with E-state index in [2.05, 4.69) is 15.1 Å². The van der Waals surface area contributed by atoms with Gasteiger partial charge in [0.05, 0.1) is 11.6 Å². The molecule has 1 aromatic carbocycles. The van der Waals surface area contributed by atoms with Gasteiger partial charge in [0.1, 0.15) is 5.82 Å². The summed E-state index contributed by atoms with van der Waals surface area (Å²) in [6.07, 6.45) is 2.63. The molecular formula is C21H24FN5O2. The van der Waals surface area contributed by atoms with Gasteiger partial charge in [0.2, 0.25) is 12.3 Å². The van der Waals surface area contributed by atoms with Crippen LogP contribution in [0.1, 0.15) is 12.8 Å². The maximum Gasteiger partial charge on any atom is 0.227 e. The minimum Gasteiger partial charge on any atom is -0.354 e. The van der Waals surface area contributed by atoms with E-state index in [1.54, 1.807) is 17.0 Å². The van der Waals surface area contributed by atoms with Gasteiger partial charge in [-0.05, 0) is 49.2 Å². The molecular weight excluding hydrogens is 373 g/mol. The number of rotatable bonds is 4. The molecule has 2 aromatic rings. The zero-order valence-electron chi connectivity index (χ0n) is 16.2. The van der Waals surface area contributed by atoms with Crippen molar-refractivity contribution >= 4 is 18.1 Å². The van der Waals surface area contributed by atoms with Crippen molar-refractivity contribution in [2.45, 2.75) is 12.8 Å². The zero-order chi connectivity index (χ0) is 20.2. The van der Waals surface area contributed by atoms with Gasteiger partial charge in [-0.3, -0.25) is 9.59 Å². The third-order valence-corrected chi connectivity index (χ3v) is 5.66. The van der Waals surface area contributed by atoms with Crippen LogP contribution < -0.4 is 4.90 Å². The number of anilines is 1. The molecule has 0 radical (unpaired) electrons. The van der Waals surface area contributed by atoms with Crippen LogP contribution in [0.2, 0.25) is 0 Å². The van der Waals surface area contributed by atoms with Crippen molar-refractivity contribution in [3.05, 3.63) is 42.2 Å². The number of piperidine rings is 1. The quantitative estimate of drug-likeness (QED) is 0.736. The van der Waals surface area contributed by atoms with Crippen LogP contribution in [0.5, 0.6) is 0 Å². The molecule has 1 atom stereocenters. The van der Waals surface area contributed by atoms with E-state index < -0.39 is 0 Å². The van der Waals surface area contributed by atoms with Gasteiger partial charge in [-0.2, -0.15) is 0 Å². The Morgan fingerprint density at radius 2 is 1.76 bits per heavy atom. The van der Waals surface area contributed by atoms with Crippen LogP contribution in [-0.4, -0.2) is 71.6 Å². The van der Waals surface area contributed by atoms with Crippen LogP contribution in [-0.2, 0) is 9.59 Å². The molecule has 2 amide bonds. The minimum atomic E-state index is -0.282. The van der Waals surface area contributed by atoms with Crippen LogP contribution in [0.4, 0.5) is 10.2 Å². The third kappa shape index (κ3) is 4.36. The molecule has 1 aromatic heterocycles. The SMILES string of the molecule is O=CN1CCN(C(=O)C2CCCN(c3ccc(-c4ccc(F)cc4)nn3)C2)CC1. The summed E-state index contributed by atoms with van der Waals surface area (Å²) in [6, 6.07) is 9.94. The minimum absolute atomic E-state index is 0.0647. The summed E-state index contributed by atoms with van der Waals surface area (Å²) in [7, 11) is 0. The Hall–Kier alpha value is -3.03. The van der Waals surface area contributed by atoms with Crippen molar-refractivity contribution in [2.75, 3.05) is 44.2 Å². The molecule has 3 heterocycles. The first kappa shape index (κ1) is 19.3. The van der Waals surface area contributed by atoms with Crippen molar-refractivity contribution in [3.63, 3.8) is 0 Å². The first-order chi connectivity index (χ1) is 14.1. The third-order valence-electron chi connectivity index (χ3n) is 5.66. The molecule has 0 aliphatic carbocycles. The molecule has 29 heavy (non-hydrogen) atoms. The van der Waals surface area contributed by atoms with E-state index in [1.807, 2.05) is 17.0 Å². The second-order valence-corrected chi connectivity index (χ2v) is 7.54. The molecule has 8 heteroatoms. The highest BCUT2D eigenvalue weighted by molar-refractivity contribution is 5.80. The molecule has 0 spiro atoms. The van der Waals surface area contributed by atoms with E-state index >= 15 is 0 Å². The van der Waals surface area contributed by atoms with Crippen LogP contribution >= 0.6 is 0 Å². The van der Waals surface area contributed by atoms with Crippen LogP contribution in [0.25, 0.3) is 11.3 Å². The fraction of sp³-hybridized carbons (Fsp3) is 0.429. The number of amides is 2. The Labute approximate surface area is 169 Å². The summed E-state index contributed by atoms with van der Waals surface area (Å²) in [4.78, 5) is 29.5. The molecule has 152 valence electrons. The maximum atomic E-state index is 13.1. The molecule has 2 saturated heterocycles. The first-order valence-corrected chi connectivity index (χ1v) is 9.97. The summed E-state index contributed by atoms with van der Waals surface area (Å²) in [5, 5.41) is 8.62. The van der Waals surface area contributed by atoms with Crippen LogP contribution in [0.3, 0.4) is 0 Å². The summed E-state index contributed by atoms with van der Waals surface area (Å²) >= 11 is 0. The van der Waals surface area contributed by atoms with Crippen LogP contribution in [0.15, 0.2) is 36.4 Å². The predicted molar refractivity (Wildman–Crippen MR) is 107 cm³/mol. The monoisotopic (exact) mass is 397 g/mol. The van der Waals surface area contributed by atoms with Gasteiger partial charge < -0.3 is 14.7 Å². The number of carbonyl (C=O) groups excluding carboxylic acids is 2. The van der Waals surface area contributed by atoms with E-state index in [4.69, 9.17) is 0 Å². The Kier molecular flexibility index (Phi) is 5.69. The number of nitrogens with zero attached hydrogens (tertiary/aromatic N) is 5. The Morgan fingerprint density at radius 3 is 2.41 bits per heavy atom. The number of hydrogen-bond donors (Lipinski definition) is 0. The second kappa shape index (κ2) is 8.55. The lowest BCUT2D eigenvalue weighted by Gasteiger charge is -2.38. The Balaban J connectivity index is 1.40. The lowest BCUT2D eigenvalue weighted by atomic mass is 9.96. The summed E-state index contributed by atoms with van der Waals surface area (Å²) < 4.78 is 13.1.